The van der Waals surface area contributed by atoms with Crippen LogP contribution in [0.15, 0.2) is 71.8 Å². The molecule has 128 valence electrons. The van der Waals surface area contributed by atoms with Crippen molar-refractivity contribution >= 4 is 32.5 Å². The molecule has 6 nitrogen and oxygen atoms in total. The number of carbonyl (C=O) groups excluding carboxylic acids is 1. The number of aromatic nitrogens is 1. The van der Waals surface area contributed by atoms with Gasteiger partial charge in [0.25, 0.3) is 0 Å². The van der Waals surface area contributed by atoms with Gasteiger partial charge >= 0.3 is 0 Å². The molecule has 1 amide bonds. The Morgan fingerprint density at radius 1 is 1.00 bits per heavy atom. The summed E-state index contributed by atoms with van der Waals surface area (Å²) in [4.78, 5) is 16.8. The maximum atomic E-state index is 12.4. The summed E-state index contributed by atoms with van der Waals surface area (Å²) in [5, 5.41) is 3.54. The van der Waals surface area contributed by atoms with E-state index in [0.717, 1.165) is 10.9 Å². The molecule has 2 N–H and O–H groups in total. The molecule has 25 heavy (non-hydrogen) atoms. The van der Waals surface area contributed by atoms with Gasteiger partial charge in [-0.3, -0.25) is 9.78 Å². The minimum atomic E-state index is -3.76. The van der Waals surface area contributed by atoms with E-state index in [9.17, 15) is 13.2 Å². The zero-order chi connectivity index (χ0) is 17.9. The van der Waals surface area contributed by atoms with Gasteiger partial charge in [-0.1, -0.05) is 24.3 Å². The highest BCUT2D eigenvalue weighted by atomic mass is 32.2. The number of rotatable bonds is 5. The Bertz CT molecular complexity index is 999. The third-order valence-corrected chi connectivity index (χ3v) is 5.24. The molecular formula is C18H17N3O3S. The molecule has 0 radical (unpaired) electrons. The van der Waals surface area contributed by atoms with E-state index in [1.165, 1.54) is 19.1 Å². The van der Waals surface area contributed by atoms with Crippen LogP contribution in [-0.2, 0) is 14.8 Å². The topological polar surface area (TPSA) is 88.2 Å². The zero-order valence-electron chi connectivity index (χ0n) is 13.5. The first-order valence-corrected chi connectivity index (χ1v) is 9.18. The van der Waals surface area contributed by atoms with Crippen LogP contribution in [0.2, 0.25) is 0 Å². The Balaban J connectivity index is 1.77. The summed E-state index contributed by atoms with van der Waals surface area (Å²) in [5.74, 6) is -0.448. The summed E-state index contributed by atoms with van der Waals surface area (Å²) in [6, 6.07) is 16.0. The van der Waals surface area contributed by atoms with E-state index in [1.807, 2.05) is 12.1 Å². The van der Waals surface area contributed by atoms with E-state index in [4.69, 9.17) is 0 Å². The number of benzene rings is 2. The second-order valence-electron chi connectivity index (χ2n) is 5.52. The minimum Gasteiger partial charge on any atom is -0.324 e. The van der Waals surface area contributed by atoms with Crippen molar-refractivity contribution < 1.29 is 13.2 Å². The van der Waals surface area contributed by atoms with Crippen molar-refractivity contribution in [3.05, 3.63) is 66.9 Å². The number of nitrogens with one attached hydrogen (secondary N) is 2. The molecule has 1 aromatic heterocycles. The maximum absolute atomic E-state index is 12.4. The maximum Gasteiger partial charge on any atom is 0.242 e. The molecule has 3 rings (SSSR count). The Labute approximate surface area is 146 Å². The van der Waals surface area contributed by atoms with Crippen LogP contribution in [0, 0.1) is 0 Å². The Kier molecular flexibility index (Phi) is 4.78. The molecule has 0 saturated carbocycles. The van der Waals surface area contributed by atoms with Gasteiger partial charge < -0.3 is 5.32 Å². The van der Waals surface area contributed by atoms with Gasteiger partial charge in [-0.05, 0) is 43.3 Å². The van der Waals surface area contributed by atoms with Crippen molar-refractivity contribution in [3.8, 4) is 0 Å². The van der Waals surface area contributed by atoms with Crippen molar-refractivity contribution in [2.24, 2.45) is 0 Å². The SMILES string of the molecule is C[C@H](NS(=O)(=O)c1ccccc1)C(=O)Nc1cccc2ncccc12. The molecule has 0 saturated heterocycles. The van der Waals surface area contributed by atoms with Crippen LogP contribution in [0.5, 0.6) is 0 Å². The Morgan fingerprint density at radius 2 is 1.76 bits per heavy atom. The summed E-state index contributed by atoms with van der Waals surface area (Å²) in [5.41, 5.74) is 1.33. The molecule has 2 aromatic carbocycles. The number of sulfonamides is 1. The van der Waals surface area contributed by atoms with Gasteiger partial charge in [0.1, 0.15) is 0 Å². The van der Waals surface area contributed by atoms with Gasteiger partial charge in [0.15, 0.2) is 0 Å². The van der Waals surface area contributed by atoms with Gasteiger partial charge in [0.05, 0.1) is 22.1 Å². The fraction of sp³-hybridized carbons (Fsp3) is 0.111. The number of carbonyl (C=O) groups is 1. The molecule has 0 bridgehead atoms. The number of hydrogen-bond donors (Lipinski definition) is 2. The van der Waals surface area contributed by atoms with Gasteiger partial charge in [-0.2, -0.15) is 4.72 Å². The standard InChI is InChI=1S/C18H17N3O3S/c1-13(21-25(23,24)14-7-3-2-4-8-14)18(22)20-17-11-5-10-16-15(17)9-6-12-19-16/h2-13,21H,1H3,(H,20,22)/t13-/m0/s1. The Hall–Kier alpha value is -2.77. The molecule has 0 fully saturated rings. The van der Waals surface area contributed by atoms with E-state index in [1.54, 1.807) is 42.6 Å². The van der Waals surface area contributed by atoms with Crippen molar-refractivity contribution in [2.45, 2.75) is 17.9 Å². The molecule has 0 spiro atoms. The molecule has 1 heterocycles. The first-order valence-electron chi connectivity index (χ1n) is 7.69. The number of anilines is 1. The van der Waals surface area contributed by atoms with Crippen LogP contribution in [-0.4, -0.2) is 25.4 Å². The van der Waals surface area contributed by atoms with Gasteiger partial charge in [0, 0.05) is 11.6 Å². The molecule has 3 aromatic rings. The lowest BCUT2D eigenvalue weighted by atomic mass is 10.1. The second-order valence-corrected chi connectivity index (χ2v) is 7.23. The normalized spacial score (nSPS) is 12.7. The molecule has 1 atom stereocenters. The van der Waals surface area contributed by atoms with Crippen molar-refractivity contribution in [2.75, 3.05) is 5.32 Å². The quantitative estimate of drug-likeness (QED) is 0.736. The Morgan fingerprint density at radius 3 is 2.52 bits per heavy atom. The lowest BCUT2D eigenvalue weighted by Crippen LogP contribution is -2.41. The van der Waals surface area contributed by atoms with E-state index in [0.29, 0.717) is 5.69 Å². The molecule has 0 aliphatic heterocycles. The minimum absolute atomic E-state index is 0.115. The lowest BCUT2D eigenvalue weighted by molar-refractivity contribution is -0.117. The lowest BCUT2D eigenvalue weighted by Gasteiger charge is -2.15. The summed E-state index contributed by atoms with van der Waals surface area (Å²) in [6.45, 7) is 1.50. The predicted molar refractivity (Wildman–Crippen MR) is 96.6 cm³/mol. The van der Waals surface area contributed by atoms with Crippen molar-refractivity contribution in [3.63, 3.8) is 0 Å². The number of hydrogen-bond acceptors (Lipinski definition) is 4. The summed E-state index contributed by atoms with van der Waals surface area (Å²) in [6.07, 6.45) is 1.67. The molecule has 0 aliphatic rings. The average molecular weight is 355 g/mol. The number of pyridine rings is 1. The summed E-state index contributed by atoms with van der Waals surface area (Å²) in [7, 11) is -3.76. The van der Waals surface area contributed by atoms with E-state index >= 15 is 0 Å². The van der Waals surface area contributed by atoms with E-state index in [2.05, 4.69) is 15.0 Å². The predicted octanol–water partition coefficient (Wildman–Crippen LogP) is 2.54. The zero-order valence-corrected chi connectivity index (χ0v) is 14.3. The van der Waals surface area contributed by atoms with Crippen LogP contribution < -0.4 is 10.0 Å². The van der Waals surface area contributed by atoms with Crippen LogP contribution in [0.4, 0.5) is 5.69 Å². The average Bonchev–Trinajstić information content (AvgIpc) is 2.62. The number of amides is 1. The van der Waals surface area contributed by atoms with Crippen LogP contribution in [0.3, 0.4) is 0 Å². The fourth-order valence-corrected chi connectivity index (χ4v) is 3.63. The second kappa shape index (κ2) is 7.00. The highest BCUT2D eigenvalue weighted by Gasteiger charge is 2.22. The van der Waals surface area contributed by atoms with Gasteiger partial charge in [-0.15, -0.1) is 0 Å². The largest absolute Gasteiger partial charge is 0.324 e. The molecule has 7 heteroatoms. The van der Waals surface area contributed by atoms with E-state index < -0.39 is 22.0 Å². The highest BCUT2D eigenvalue weighted by Crippen LogP contribution is 2.21. The third-order valence-electron chi connectivity index (χ3n) is 3.68. The van der Waals surface area contributed by atoms with Gasteiger partial charge in [0.2, 0.25) is 15.9 Å². The van der Waals surface area contributed by atoms with Gasteiger partial charge in [-0.25, -0.2) is 8.42 Å². The monoisotopic (exact) mass is 355 g/mol. The highest BCUT2D eigenvalue weighted by molar-refractivity contribution is 7.89. The molecule has 0 unspecified atom stereocenters. The first kappa shape index (κ1) is 17.1. The molecule has 0 aliphatic carbocycles. The third kappa shape index (κ3) is 3.84. The molecular weight excluding hydrogens is 338 g/mol. The van der Waals surface area contributed by atoms with E-state index in [-0.39, 0.29) is 4.90 Å². The summed E-state index contributed by atoms with van der Waals surface area (Å²) >= 11 is 0. The van der Waals surface area contributed by atoms with Crippen molar-refractivity contribution in [1.82, 2.24) is 9.71 Å². The van der Waals surface area contributed by atoms with Crippen LogP contribution in [0.1, 0.15) is 6.92 Å². The fourth-order valence-electron chi connectivity index (χ4n) is 2.41. The summed E-state index contributed by atoms with van der Waals surface area (Å²) < 4.78 is 27.0. The van der Waals surface area contributed by atoms with Crippen molar-refractivity contribution in [1.29, 1.82) is 0 Å². The van der Waals surface area contributed by atoms with Crippen LogP contribution >= 0.6 is 0 Å². The number of nitrogens with zero attached hydrogens (tertiary/aromatic N) is 1. The smallest absolute Gasteiger partial charge is 0.242 e. The number of fused-ring (bicyclic) bond motifs is 1. The van der Waals surface area contributed by atoms with Crippen LogP contribution in [0.25, 0.3) is 10.9 Å². The first-order chi connectivity index (χ1) is 12.0.